The highest BCUT2D eigenvalue weighted by Gasteiger charge is 2.33. The Bertz CT molecular complexity index is 437. The Morgan fingerprint density at radius 3 is 2.65 bits per heavy atom. The van der Waals surface area contributed by atoms with Crippen molar-refractivity contribution in [3.05, 3.63) is 29.3 Å². The maximum absolute atomic E-state index is 10.8. The fourth-order valence-electron chi connectivity index (χ4n) is 3.22. The zero-order valence-electron chi connectivity index (χ0n) is 12.9. The predicted octanol–water partition coefficient (Wildman–Crippen LogP) is 2.83. The lowest BCUT2D eigenvalue weighted by molar-refractivity contribution is -0.00336. The van der Waals surface area contributed by atoms with Crippen molar-refractivity contribution in [1.29, 1.82) is 0 Å². The number of benzene rings is 1. The predicted molar refractivity (Wildman–Crippen MR) is 82.3 cm³/mol. The molecule has 0 bridgehead atoms. The van der Waals surface area contributed by atoms with Gasteiger partial charge in [-0.05, 0) is 50.8 Å². The minimum atomic E-state index is -0.576. The largest absolute Gasteiger partial charge is 0.496 e. The van der Waals surface area contributed by atoms with Crippen molar-refractivity contribution in [1.82, 2.24) is 5.32 Å². The first-order chi connectivity index (χ1) is 9.56. The second-order valence-corrected chi connectivity index (χ2v) is 6.05. The van der Waals surface area contributed by atoms with E-state index in [2.05, 4.69) is 31.3 Å². The molecular weight excluding hydrogens is 250 g/mol. The summed E-state index contributed by atoms with van der Waals surface area (Å²) in [5.41, 5.74) is 1.76. The molecule has 1 saturated carbocycles. The van der Waals surface area contributed by atoms with Gasteiger partial charge in [-0.2, -0.15) is 0 Å². The van der Waals surface area contributed by atoms with E-state index in [1.807, 2.05) is 6.07 Å². The molecule has 3 nitrogen and oxygen atoms in total. The third-order valence-electron chi connectivity index (χ3n) is 4.36. The van der Waals surface area contributed by atoms with Gasteiger partial charge in [-0.1, -0.05) is 24.6 Å². The molecule has 2 rings (SSSR count). The maximum atomic E-state index is 10.8. The van der Waals surface area contributed by atoms with Gasteiger partial charge in [0.25, 0.3) is 0 Å². The number of hydrogen-bond acceptors (Lipinski definition) is 3. The van der Waals surface area contributed by atoms with Gasteiger partial charge in [-0.25, -0.2) is 0 Å². The number of nitrogens with one attached hydrogen (secondary N) is 1. The molecule has 0 amide bonds. The minimum Gasteiger partial charge on any atom is -0.496 e. The van der Waals surface area contributed by atoms with Crippen LogP contribution in [0.5, 0.6) is 5.75 Å². The molecule has 1 fully saturated rings. The van der Waals surface area contributed by atoms with Crippen molar-refractivity contribution in [3.8, 4) is 5.75 Å². The molecule has 0 heterocycles. The SMILES string of the molecule is CCNC1CCC(O)(Cc2cc(C)ccc2OC)CC1. The van der Waals surface area contributed by atoms with E-state index in [9.17, 15) is 5.11 Å². The molecule has 2 N–H and O–H groups in total. The highest BCUT2D eigenvalue weighted by molar-refractivity contribution is 5.38. The molecule has 1 aromatic carbocycles. The van der Waals surface area contributed by atoms with Crippen LogP contribution in [0.25, 0.3) is 0 Å². The summed E-state index contributed by atoms with van der Waals surface area (Å²) in [7, 11) is 1.69. The van der Waals surface area contributed by atoms with Crippen molar-refractivity contribution < 1.29 is 9.84 Å². The van der Waals surface area contributed by atoms with Crippen LogP contribution in [-0.2, 0) is 6.42 Å². The molecule has 112 valence electrons. The van der Waals surface area contributed by atoms with Gasteiger partial charge in [0.2, 0.25) is 0 Å². The van der Waals surface area contributed by atoms with E-state index in [1.165, 1.54) is 5.56 Å². The second kappa shape index (κ2) is 6.59. The third kappa shape index (κ3) is 3.74. The molecule has 20 heavy (non-hydrogen) atoms. The molecule has 1 aliphatic carbocycles. The summed E-state index contributed by atoms with van der Waals surface area (Å²) in [6.45, 7) is 5.22. The number of aryl methyl sites for hydroxylation is 1. The topological polar surface area (TPSA) is 41.5 Å². The highest BCUT2D eigenvalue weighted by atomic mass is 16.5. The Balaban J connectivity index is 2.04. The molecule has 0 aliphatic heterocycles. The lowest BCUT2D eigenvalue weighted by Crippen LogP contribution is -2.42. The molecule has 0 aromatic heterocycles. The van der Waals surface area contributed by atoms with Crippen molar-refractivity contribution in [2.24, 2.45) is 0 Å². The Hall–Kier alpha value is -1.06. The van der Waals surface area contributed by atoms with E-state index in [1.54, 1.807) is 7.11 Å². The summed E-state index contributed by atoms with van der Waals surface area (Å²) in [4.78, 5) is 0. The third-order valence-corrected chi connectivity index (χ3v) is 4.36. The van der Waals surface area contributed by atoms with Crippen LogP contribution in [0, 0.1) is 6.92 Å². The number of hydrogen-bond donors (Lipinski definition) is 2. The average molecular weight is 277 g/mol. The van der Waals surface area contributed by atoms with Gasteiger partial charge >= 0.3 is 0 Å². The summed E-state index contributed by atoms with van der Waals surface area (Å²) in [5.74, 6) is 0.887. The van der Waals surface area contributed by atoms with E-state index in [-0.39, 0.29) is 0 Å². The molecule has 0 unspecified atom stereocenters. The van der Waals surface area contributed by atoms with E-state index in [0.717, 1.165) is 43.5 Å². The van der Waals surface area contributed by atoms with Gasteiger partial charge in [0.05, 0.1) is 12.7 Å². The standard InChI is InChI=1S/C17H27NO2/c1-4-18-15-7-9-17(19,10-8-15)12-14-11-13(2)5-6-16(14)20-3/h5-6,11,15,18-19H,4,7-10,12H2,1-3H3. The lowest BCUT2D eigenvalue weighted by Gasteiger charge is -2.36. The Labute approximate surface area is 122 Å². The van der Waals surface area contributed by atoms with Crippen LogP contribution >= 0.6 is 0 Å². The normalized spacial score (nSPS) is 26.5. The van der Waals surface area contributed by atoms with Crippen LogP contribution in [0.4, 0.5) is 0 Å². The van der Waals surface area contributed by atoms with Crippen LogP contribution in [0.15, 0.2) is 18.2 Å². The molecule has 0 atom stereocenters. The summed E-state index contributed by atoms with van der Waals surface area (Å²) >= 11 is 0. The molecule has 1 aliphatic rings. The van der Waals surface area contributed by atoms with E-state index < -0.39 is 5.60 Å². The molecule has 0 saturated heterocycles. The minimum absolute atomic E-state index is 0.569. The quantitative estimate of drug-likeness (QED) is 0.869. The average Bonchev–Trinajstić information content (AvgIpc) is 2.42. The second-order valence-electron chi connectivity index (χ2n) is 6.05. The summed E-state index contributed by atoms with van der Waals surface area (Å²) in [5, 5.41) is 14.3. The first-order valence-corrected chi connectivity index (χ1v) is 7.65. The van der Waals surface area contributed by atoms with Crippen LogP contribution in [0.1, 0.15) is 43.7 Å². The summed E-state index contributed by atoms with van der Waals surface area (Å²) in [6.07, 6.45) is 4.52. The molecule has 0 spiro atoms. The number of ether oxygens (including phenoxy) is 1. The Morgan fingerprint density at radius 2 is 2.05 bits per heavy atom. The summed E-state index contributed by atoms with van der Waals surface area (Å²) < 4.78 is 5.42. The molecule has 3 heteroatoms. The van der Waals surface area contributed by atoms with Crippen LogP contribution in [0.2, 0.25) is 0 Å². The van der Waals surface area contributed by atoms with Crippen LogP contribution in [0.3, 0.4) is 0 Å². The fourth-order valence-corrected chi connectivity index (χ4v) is 3.22. The van der Waals surface area contributed by atoms with Gasteiger partial charge in [0.1, 0.15) is 5.75 Å². The monoisotopic (exact) mass is 277 g/mol. The van der Waals surface area contributed by atoms with Gasteiger partial charge in [0, 0.05) is 12.5 Å². The van der Waals surface area contributed by atoms with E-state index in [4.69, 9.17) is 4.74 Å². The lowest BCUT2D eigenvalue weighted by atomic mass is 9.78. The fraction of sp³-hybridized carbons (Fsp3) is 0.647. The van der Waals surface area contributed by atoms with Crippen LogP contribution < -0.4 is 10.1 Å². The first-order valence-electron chi connectivity index (χ1n) is 7.65. The maximum Gasteiger partial charge on any atom is 0.122 e. The number of rotatable bonds is 5. The Kier molecular flexibility index (Phi) is 5.06. The van der Waals surface area contributed by atoms with Crippen molar-refractivity contribution in [3.63, 3.8) is 0 Å². The van der Waals surface area contributed by atoms with Gasteiger partial charge in [-0.3, -0.25) is 0 Å². The number of methoxy groups -OCH3 is 1. The summed E-state index contributed by atoms with van der Waals surface area (Å²) in [6, 6.07) is 6.75. The first kappa shape index (κ1) is 15.3. The van der Waals surface area contributed by atoms with E-state index in [0.29, 0.717) is 12.5 Å². The zero-order chi connectivity index (χ0) is 14.6. The molecule has 0 radical (unpaired) electrons. The van der Waals surface area contributed by atoms with Gasteiger partial charge in [-0.15, -0.1) is 0 Å². The van der Waals surface area contributed by atoms with Crippen molar-refractivity contribution >= 4 is 0 Å². The Morgan fingerprint density at radius 1 is 1.35 bits per heavy atom. The van der Waals surface area contributed by atoms with E-state index >= 15 is 0 Å². The molecule has 1 aromatic rings. The van der Waals surface area contributed by atoms with Crippen molar-refractivity contribution in [2.45, 2.75) is 57.6 Å². The van der Waals surface area contributed by atoms with Crippen LogP contribution in [-0.4, -0.2) is 30.4 Å². The van der Waals surface area contributed by atoms with Crippen molar-refractivity contribution in [2.75, 3.05) is 13.7 Å². The smallest absolute Gasteiger partial charge is 0.122 e. The zero-order valence-corrected chi connectivity index (χ0v) is 12.9. The van der Waals surface area contributed by atoms with Gasteiger partial charge in [0.15, 0.2) is 0 Å². The van der Waals surface area contributed by atoms with Gasteiger partial charge < -0.3 is 15.2 Å². The molecular formula is C17H27NO2. The number of aliphatic hydroxyl groups is 1. The highest BCUT2D eigenvalue weighted by Crippen LogP contribution is 2.34.